The molecule has 4 unspecified atom stereocenters. The minimum atomic E-state index is -0.235. The second-order valence-corrected chi connectivity index (χ2v) is 9.02. The third kappa shape index (κ3) is 4.66. The Labute approximate surface area is 172 Å². The van der Waals surface area contributed by atoms with Gasteiger partial charge in [0.05, 0.1) is 5.25 Å². The summed E-state index contributed by atoms with van der Waals surface area (Å²) in [5.41, 5.74) is 1.01. The lowest BCUT2D eigenvalue weighted by Crippen LogP contribution is -2.46. The third-order valence-electron chi connectivity index (χ3n) is 5.75. The van der Waals surface area contributed by atoms with Crippen LogP contribution in [-0.4, -0.2) is 32.0 Å². The fraction of sp³-hybridized carbons (Fsp3) is 0.500. The van der Waals surface area contributed by atoms with E-state index >= 15 is 0 Å². The fourth-order valence-electron chi connectivity index (χ4n) is 3.77. The summed E-state index contributed by atoms with van der Waals surface area (Å²) in [7, 11) is 0. The van der Waals surface area contributed by atoms with Gasteiger partial charge in [0.25, 0.3) is 0 Å². The standard InChI is InChI=1S/C22H30N4OS/c1-5-14-26-20(18-11-7-6-8-12-18)24-25-22(26)28-17(4)21(27)23-19-13-9-10-15(2)16(19)3/h5-8,11-12,15-17,19H,1,9-10,13-14H2,2-4H3,(H,23,27). The third-order valence-corrected chi connectivity index (χ3v) is 6.83. The molecule has 0 bridgehead atoms. The quantitative estimate of drug-likeness (QED) is 0.549. The molecule has 0 spiro atoms. The summed E-state index contributed by atoms with van der Waals surface area (Å²) in [6, 6.07) is 10.2. The van der Waals surface area contributed by atoms with Crippen molar-refractivity contribution in [3.8, 4) is 11.4 Å². The molecule has 1 aliphatic rings. The van der Waals surface area contributed by atoms with Crippen LogP contribution in [0.25, 0.3) is 11.4 Å². The van der Waals surface area contributed by atoms with Crippen LogP contribution in [0.15, 0.2) is 48.1 Å². The highest BCUT2D eigenvalue weighted by Gasteiger charge is 2.30. The molecule has 4 atom stereocenters. The number of hydrogen-bond donors (Lipinski definition) is 1. The van der Waals surface area contributed by atoms with Crippen LogP contribution in [0.1, 0.15) is 40.0 Å². The minimum Gasteiger partial charge on any atom is -0.352 e. The van der Waals surface area contributed by atoms with Crippen molar-refractivity contribution in [3.63, 3.8) is 0 Å². The van der Waals surface area contributed by atoms with E-state index in [9.17, 15) is 4.79 Å². The van der Waals surface area contributed by atoms with Crippen molar-refractivity contribution in [2.45, 2.75) is 63.0 Å². The molecule has 150 valence electrons. The van der Waals surface area contributed by atoms with Gasteiger partial charge in [-0.3, -0.25) is 9.36 Å². The van der Waals surface area contributed by atoms with E-state index in [1.165, 1.54) is 24.6 Å². The number of nitrogens with zero attached hydrogens (tertiary/aromatic N) is 3. The Morgan fingerprint density at radius 3 is 2.79 bits per heavy atom. The summed E-state index contributed by atoms with van der Waals surface area (Å²) in [6.45, 7) is 10.9. The number of amides is 1. The van der Waals surface area contributed by atoms with E-state index in [4.69, 9.17) is 0 Å². The van der Waals surface area contributed by atoms with Gasteiger partial charge >= 0.3 is 0 Å². The predicted octanol–water partition coefficient (Wildman–Crippen LogP) is 4.55. The first kappa shape index (κ1) is 20.6. The Bertz CT molecular complexity index is 804. The number of nitrogens with one attached hydrogen (secondary N) is 1. The summed E-state index contributed by atoms with van der Waals surface area (Å²) in [5, 5.41) is 12.5. The monoisotopic (exact) mass is 398 g/mol. The van der Waals surface area contributed by atoms with Gasteiger partial charge in [-0.2, -0.15) is 0 Å². The van der Waals surface area contributed by atoms with E-state index < -0.39 is 0 Å². The SMILES string of the molecule is C=CCn1c(SC(C)C(=O)NC2CCCC(C)C2C)nnc1-c1ccccc1. The van der Waals surface area contributed by atoms with Gasteiger partial charge in [0.2, 0.25) is 5.91 Å². The van der Waals surface area contributed by atoms with Crippen LogP contribution in [0.2, 0.25) is 0 Å². The normalized spacial score (nSPS) is 23.2. The van der Waals surface area contributed by atoms with Crippen molar-refractivity contribution < 1.29 is 4.79 Å². The molecule has 1 fully saturated rings. The smallest absolute Gasteiger partial charge is 0.233 e. The Morgan fingerprint density at radius 2 is 2.07 bits per heavy atom. The molecule has 3 rings (SSSR count). The van der Waals surface area contributed by atoms with Gasteiger partial charge in [0.1, 0.15) is 0 Å². The van der Waals surface area contributed by atoms with Crippen molar-refractivity contribution in [2.24, 2.45) is 11.8 Å². The number of aromatic nitrogens is 3. The molecule has 1 aromatic heterocycles. The number of benzene rings is 1. The van der Waals surface area contributed by atoms with Crippen LogP contribution in [0.5, 0.6) is 0 Å². The van der Waals surface area contributed by atoms with E-state index in [1.807, 2.05) is 47.9 Å². The van der Waals surface area contributed by atoms with Crippen molar-refractivity contribution in [1.29, 1.82) is 0 Å². The molecule has 0 aliphatic heterocycles. The van der Waals surface area contributed by atoms with Gasteiger partial charge in [0.15, 0.2) is 11.0 Å². The maximum absolute atomic E-state index is 12.8. The van der Waals surface area contributed by atoms with Crippen LogP contribution in [-0.2, 0) is 11.3 Å². The van der Waals surface area contributed by atoms with E-state index in [0.29, 0.717) is 18.4 Å². The van der Waals surface area contributed by atoms with Crippen molar-refractivity contribution >= 4 is 17.7 Å². The molecule has 1 N–H and O–H groups in total. The first-order valence-electron chi connectivity index (χ1n) is 10.1. The largest absolute Gasteiger partial charge is 0.352 e. The van der Waals surface area contributed by atoms with Crippen LogP contribution >= 0.6 is 11.8 Å². The van der Waals surface area contributed by atoms with Gasteiger partial charge in [-0.05, 0) is 25.2 Å². The molecule has 1 saturated carbocycles. The van der Waals surface area contributed by atoms with Gasteiger partial charge in [0, 0.05) is 18.2 Å². The molecule has 2 aromatic rings. The average molecular weight is 399 g/mol. The van der Waals surface area contributed by atoms with Crippen LogP contribution in [0.3, 0.4) is 0 Å². The Kier molecular flexibility index (Phi) is 6.94. The van der Waals surface area contributed by atoms with Crippen LogP contribution in [0, 0.1) is 11.8 Å². The van der Waals surface area contributed by atoms with Crippen molar-refractivity contribution in [2.75, 3.05) is 0 Å². The van der Waals surface area contributed by atoms with Crippen molar-refractivity contribution in [3.05, 3.63) is 43.0 Å². The van der Waals surface area contributed by atoms with E-state index in [2.05, 4.69) is 35.9 Å². The summed E-state index contributed by atoms with van der Waals surface area (Å²) in [5.74, 6) is 2.05. The summed E-state index contributed by atoms with van der Waals surface area (Å²) >= 11 is 1.45. The highest BCUT2D eigenvalue weighted by atomic mass is 32.2. The Hall–Kier alpha value is -2.08. The maximum Gasteiger partial charge on any atom is 0.233 e. The van der Waals surface area contributed by atoms with Crippen LogP contribution < -0.4 is 5.32 Å². The number of carbonyl (C=O) groups excluding carboxylic acids is 1. The Morgan fingerprint density at radius 1 is 1.32 bits per heavy atom. The van der Waals surface area contributed by atoms with Crippen LogP contribution in [0.4, 0.5) is 0 Å². The molecule has 1 heterocycles. The van der Waals surface area contributed by atoms with Gasteiger partial charge in [-0.25, -0.2) is 0 Å². The van der Waals surface area contributed by atoms with E-state index in [1.54, 1.807) is 0 Å². The molecule has 1 aromatic carbocycles. The first-order chi connectivity index (χ1) is 13.5. The maximum atomic E-state index is 12.8. The zero-order valence-electron chi connectivity index (χ0n) is 17.0. The molecule has 1 aliphatic carbocycles. The van der Waals surface area contributed by atoms with E-state index in [0.717, 1.165) is 23.0 Å². The second kappa shape index (κ2) is 9.41. The lowest BCUT2D eigenvalue weighted by atomic mass is 9.78. The number of carbonyl (C=O) groups is 1. The molecule has 1 amide bonds. The zero-order valence-corrected chi connectivity index (χ0v) is 17.8. The first-order valence-corrected chi connectivity index (χ1v) is 11.0. The molecule has 0 saturated heterocycles. The molecular formula is C22H30N4OS. The average Bonchev–Trinajstić information content (AvgIpc) is 3.08. The number of thioether (sulfide) groups is 1. The lowest BCUT2D eigenvalue weighted by molar-refractivity contribution is -0.121. The molecule has 5 nitrogen and oxygen atoms in total. The zero-order chi connectivity index (χ0) is 20.1. The number of allylic oxidation sites excluding steroid dienone is 1. The highest BCUT2D eigenvalue weighted by molar-refractivity contribution is 8.00. The molecule has 0 radical (unpaired) electrons. The highest BCUT2D eigenvalue weighted by Crippen LogP contribution is 2.31. The number of hydrogen-bond acceptors (Lipinski definition) is 4. The molecular weight excluding hydrogens is 368 g/mol. The summed E-state index contributed by atoms with van der Waals surface area (Å²) in [6.07, 6.45) is 5.34. The Balaban J connectivity index is 1.71. The summed E-state index contributed by atoms with van der Waals surface area (Å²) in [4.78, 5) is 12.8. The molecule has 28 heavy (non-hydrogen) atoms. The second-order valence-electron chi connectivity index (χ2n) is 7.71. The molecule has 6 heteroatoms. The predicted molar refractivity (Wildman–Crippen MR) is 115 cm³/mol. The number of rotatable bonds is 7. The summed E-state index contributed by atoms with van der Waals surface area (Å²) < 4.78 is 2.02. The van der Waals surface area contributed by atoms with Gasteiger partial charge in [-0.15, -0.1) is 16.8 Å². The van der Waals surface area contributed by atoms with Gasteiger partial charge < -0.3 is 5.32 Å². The van der Waals surface area contributed by atoms with Crippen molar-refractivity contribution in [1.82, 2.24) is 20.1 Å². The topological polar surface area (TPSA) is 59.8 Å². The fourth-order valence-corrected chi connectivity index (χ4v) is 4.64. The van der Waals surface area contributed by atoms with E-state index in [-0.39, 0.29) is 17.2 Å². The minimum absolute atomic E-state index is 0.0744. The lowest BCUT2D eigenvalue weighted by Gasteiger charge is -2.35. The van der Waals surface area contributed by atoms with Gasteiger partial charge in [-0.1, -0.05) is 74.9 Å².